The quantitative estimate of drug-likeness (QED) is 0.778. The van der Waals surface area contributed by atoms with Crippen LogP contribution in [0.15, 0.2) is 30.3 Å². The summed E-state index contributed by atoms with van der Waals surface area (Å²) in [5.41, 5.74) is 1.41. The van der Waals surface area contributed by atoms with Gasteiger partial charge in [0, 0.05) is 19.1 Å². The van der Waals surface area contributed by atoms with Crippen molar-refractivity contribution < 1.29 is 0 Å². The van der Waals surface area contributed by atoms with Crippen LogP contribution in [0.1, 0.15) is 44.6 Å². The van der Waals surface area contributed by atoms with Gasteiger partial charge in [-0.1, -0.05) is 50.1 Å². The van der Waals surface area contributed by atoms with E-state index in [-0.39, 0.29) is 0 Å². The van der Waals surface area contributed by atoms with E-state index in [0.717, 1.165) is 19.0 Å². The van der Waals surface area contributed by atoms with Gasteiger partial charge in [0.2, 0.25) is 0 Å². The molecule has 1 fully saturated rings. The van der Waals surface area contributed by atoms with Crippen LogP contribution in [0.3, 0.4) is 0 Å². The fourth-order valence-electron chi connectivity index (χ4n) is 3.37. The summed E-state index contributed by atoms with van der Waals surface area (Å²) in [7, 11) is 2.25. The summed E-state index contributed by atoms with van der Waals surface area (Å²) in [6, 6.07) is 11.5. The molecule has 1 aromatic rings. The standard InChI is InChI=1S/C18H30N2/c1-3-13-19-18(17-11-7-8-12-17)15-20(2)14-16-9-5-4-6-10-16/h4-6,9-10,17-19H,3,7-8,11-15H2,1-2H3. The molecule has 1 unspecified atom stereocenters. The molecule has 2 rings (SSSR count). The van der Waals surface area contributed by atoms with Crippen molar-refractivity contribution in [1.29, 1.82) is 0 Å². The zero-order valence-electron chi connectivity index (χ0n) is 13.1. The highest BCUT2D eigenvalue weighted by atomic mass is 15.1. The number of hydrogen-bond acceptors (Lipinski definition) is 2. The topological polar surface area (TPSA) is 15.3 Å². The van der Waals surface area contributed by atoms with Crippen molar-refractivity contribution in [3.8, 4) is 0 Å². The Morgan fingerprint density at radius 2 is 1.90 bits per heavy atom. The van der Waals surface area contributed by atoms with Gasteiger partial charge in [0.1, 0.15) is 0 Å². The lowest BCUT2D eigenvalue weighted by molar-refractivity contribution is 0.235. The summed E-state index contributed by atoms with van der Waals surface area (Å²) < 4.78 is 0. The van der Waals surface area contributed by atoms with E-state index in [2.05, 4.69) is 54.5 Å². The Morgan fingerprint density at radius 1 is 1.20 bits per heavy atom. The van der Waals surface area contributed by atoms with Gasteiger partial charge in [-0.15, -0.1) is 0 Å². The minimum atomic E-state index is 0.672. The van der Waals surface area contributed by atoms with E-state index in [9.17, 15) is 0 Å². The molecular weight excluding hydrogens is 244 g/mol. The zero-order chi connectivity index (χ0) is 14.2. The van der Waals surface area contributed by atoms with E-state index in [1.807, 2.05) is 0 Å². The van der Waals surface area contributed by atoms with Crippen LogP contribution >= 0.6 is 0 Å². The first kappa shape index (κ1) is 15.5. The van der Waals surface area contributed by atoms with Gasteiger partial charge in [-0.2, -0.15) is 0 Å². The first-order valence-electron chi connectivity index (χ1n) is 8.25. The van der Waals surface area contributed by atoms with Crippen molar-refractivity contribution in [3.05, 3.63) is 35.9 Å². The van der Waals surface area contributed by atoms with E-state index in [1.54, 1.807) is 0 Å². The van der Waals surface area contributed by atoms with E-state index >= 15 is 0 Å². The third-order valence-electron chi connectivity index (χ3n) is 4.43. The lowest BCUT2D eigenvalue weighted by atomic mass is 9.97. The number of nitrogens with zero attached hydrogens (tertiary/aromatic N) is 1. The van der Waals surface area contributed by atoms with Crippen LogP contribution < -0.4 is 5.32 Å². The fraction of sp³-hybridized carbons (Fsp3) is 0.667. The van der Waals surface area contributed by atoms with Crippen LogP contribution in [0, 0.1) is 5.92 Å². The van der Waals surface area contributed by atoms with Crippen LogP contribution in [0.2, 0.25) is 0 Å². The van der Waals surface area contributed by atoms with Crippen molar-refractivity contribution in [3.63, 3.8) is 0 Å². The van der Waals surface area contributed by atoms with Gasteiger partial charge in [-0.05, 0) is 44.3 Å². The van der Waals surface area contributed by atoms with E-state index in [1.165, 1.54) is 44.2 Å². The SMILES string of the molecule is CCCNC(CN(C)Cc1ccccc1)C1CCCC1. The lowest BCUT2D eigenvalue weighted by Gasteiger charge is -2.29. The maximum absolute atomic E-state index is 3.79. The largest absolute Gasteiger partial charge is 0.312 e. The molecule has 0 saturated heterocycles. The molecule has 1 aliphatic rings. The summed E-state index contributed by atoms with van der Waals surface area (Å²) in [5.74, 6) is 0.889. The van der Waals surface area contributed by atoms with Gasteiger partial charge >= 0.3 is 0 Å². The molecule has 2 nitrogen and oxygen atoms in total. The summed E-state index contributed by atoms with van der Waals surface area (Å²) >= 11 is 0. The Labute approximate surface area is 124 Å². The number of benzene rings is 1. The Bertz CT molecular complexity index is 357. The fourth-order valence-corrected chi connectivity index (χ4v) is 3.37. The molecule has 0 radical (unpaired) electrons. The van der Waals surface area contributed by atoms with Crippen LogP contribution in [-0.4, -0.2) is 31.1 Å². The van der Waals surface area contributed by atoms with Crippen molar-refractivity contribution in [1.82, 2.24) is 10.2 Å². The molecule has 0 spiro atoms. The Balaban J connectivity index is 1.85. The second-order valence-electron chi connectivity index (χ2n) is 6.29. The number of rotatable bonds is 8. The van der Waals surface area contributed by atoms with E-state index in [0.29, 0.717) is 6.04 Å². The van der Waals surface area contributed by atoms with Crippen molar-refractivity contribution in [2.45, 2.75) is 51.6 Å². The first-order chi connectivity index (χ1) is 9.79. The highest BCUT2D eigenvalue weighted by molar-refractivity contribution is 5.14. The highest BCUT2D eigenvalue weighted by Gasteiger charge is 2.25. The predicted octanol–water partition coefficient (Wildman–Crippen LogP) is 3.68. The second-order valence-corrected chi connectivity index (χ2v) is 6.29. The first-order valence-corrected chi connectivity index (χ1v) is 8.25. The van der Waals surface area contributed by atoms with Crippen molar-refractivity contribution >= 4 is 0 Å². The minimum Gasteiger partial charge on any atom is -0.312 e. The molecule has 1 saturated carbocycles. The molecule has 0 bridgehead atoms. The Kier molecular flexibility index (Phi) is 6.55. The van der Waals surface area contributed by atoms with Gasteiger partial charge in [0.25, 0.3) is 0 Å². The van der Waals surface area contributed by atoms with Crippen LogP contribution in [0.25, 0.3) is 0 Å². The molecule has 20 heavy (non-hydrogen) atoms. The molecule has 0 amide bonds. The van der Waals surface area contributed by atoms with Gasteiger partial charge in [-0.3, -0.25) is 0 Å². The summed E-state index contributed by atoms with van der Waals surface area (Å²) in [6.45, 7) is 5.63. The van der Waals surface area contributed by atoms with E-state index in [4.69, 9.17) is 0 Å². The lowest BCUT2D eigenvalue weighted by Crippen LogP contribution is -2.44. The summed E-state index contributed by atoms with van der Waals surface area (Å²) in [6.07, 6.45) is 6.92. The van der Waals surface area contributed by atoms with Gasteiger partial charge in [0.15, 0.2) is 0 Å². The number of likely N-dealkylation sites (N-methyl/N-ethyl adjacent to an activating group) is 1. The van der Waals surface area contributed by atoms with E-state index < -0.39 is 0 Å². The molecule has 1 aromatic carbocycles. The van der Waals surface area contributed by atoms with Crippen LogP contribution in [0.5, 0.6) is 0 Å². The predicted molar refractivity (Wildman–Crippen MR) is 86.8 cm³/mol. The molecule has 112 valence electrons. The molecule has 0 heterocycles. The zero-order valence-corrected chi connectivity index (χ0v) is 13.1. The van der Waals surface area contributed by atoms with Gasteiger partial charge in [0.05, 0.1) is 0 Å². The minimum absolute atomic E-state index is 0.672. The maximum atomic E-state index is 3.79. The maximum Gasteiger partial charge on any atom is 0.0231 e. The monoisotopic (exact) mass is 274 g/mol. The van der Waals surface area contributed by atoms with Gasteiger partial charge < -0.3 is 10.2 Å². The smallest absolute Gasteiger partial charge is 0.0231 e. The average molecular weight is 274 g/mol. The third-order valence-corrected chi connectivity index (χ3v) is 4.43. The second kappa shape index (κ2) is 8.43. The molecule has 2 heteroatoms. The molecular formula is C18H30N2. The molecule has 1 atom stereocenters. The van der Waals surface area contributed by atoms with Crippen LogP contribution in [-0.2, 0) is 6.54 Å². The number of nitrogens with one attached hydrogen (secondary N) is 1. The van der Waals surface area contributed by atoms with Gasteiger partial charge in [-0.25, -0.2) is 0 Å². The molecule has 0 aliphatic heterocycles. The molecule has 1 N–H and O–H groups in total. The Hall–Kier alpha value is -0.860. The molecule has 1 aliphatic carbocycles. The van der Waals surface area contributed by atoms with Crippen LogP contribution in [0.4, 0.5) is 0 Å². The average Bonchev–Trinajstić information content (AvgIpc) is 2.98. The van der Waals surface area contributed by atoms with Crippen molar-refractivity contribution in [2.24, 2.45) is 5.92 Å². The highest BCUT2D eigenvalue weighted by Crippen LogP contribution is 2.28. The normalized spacial score (nSPS) is 17.8. The summed E-state index contributed by atoms with van der Waals surface area (Å²) in [4.78, 5) is 2.47. The Morgan fingerprint density at radius 3 is 2.55 bits per heavy atom. The number of hydrogen-bond donors (Lipinski definition) is 1. The third kappa shape index (κ3) is 4.92. The summed E-state index contributed by atoms with van der Waals surface area (Å²) in [5, 5.41) is 3.79. The molecule has 0 aromatic heterocycles. The van der Waals surface area contributed by atoms with Crippen molar-refractivity contribution in [2.75, 3.05) is 20.1 Å².